The molecule has 280 valence electrons. The summed E-state index contributed by atoms with van der Waals surface area (Å²) in [7, 11) is 0. The molecule has 1 saturated heterocycles. The summed E-state index contributed by atoms with van der Waals surface area (Å²) in [6.07, 6.45) is -3.62. The smallest absolute Gasteiger partial charge is 0.323 e. The molecule has 0 spiro atoms. The van der Waals surface area contributed by atoms with Crippen molar-refractivity contribution in [3.05, 3.63) is 57.6 Å². The fourth-order valence-corrected chi connectivity index (χ4v) is 8.36. The van der Waals surface area contributed by atoms with Crippen LogP contribution < -0.4 is 9.80 Å². The first-order valence-electron chi connectivity index (χ1n) is 17.2. The molecule has 2 aromatic carbocycles. The number of anilines is 2. The number of halogens is 2. The van der Waals surface area contributed by atoms with Crippen LogP contribution in [0.25, 0.3) is 0 Å². The number of para-hydroxylation sites is 2. The lowest BCUT2D eigenvalue weighted by Crippen LogP contribution is -2.52. The number of aliphatic carboxylic acids is 1. The third kappa shape index (κ3) is 9.86. The van der Waals surface area contributed by atoms with E-state index in [1.54, 1.807) is 17.8 Å². The number of carboxylic acids is 1. The first-order chi connectivity index (χ1) is 24.4. The minimum Gasteiger partial charge on any atom is -0.480 e. The van der Waals surface area contributed by atoms with Gasteiger partial charge in [0.1, 0.15) is 31.0 Å². The van der Waals surface area contributed by atoms with Gasteiger partial charge in [0, 0.05) is 60.3 Å². The standard InChI is InChI=1S/C35H46Cl2N4O9S/c36-24-14-22(15-39-20-51-19-28(39)35(50)41-12-11-40(23-9-10-23)26-6-2-3-7-27(26)41)25(37)13-21(24)5-1-4-8-31(45)38(17-32(46)47)16-29(43)33(48)34(49)30(44)18-42/h2-3,6-7,13-14,23,28-30,33-34,42-44,48-49H,1,4-5,8-12,15-20H2,(H,46,47)/t28-,29-,30+,33+,34+/m0/s1. The Kier molecular flexibility index (Phi) is 13.9. The maximum atomic E-state index is 14.0. The molecule has 0 aromatic heterocycles. The highest BCUT2D eigenvalue weighted by molar-refractivity contribution is 7.99. The molecule has 1 saturated carbocycles. The van der Waals surface area contributed by atoms with Crippen molar-refractivity contribution in [2.75, 3.05) is 54.2 Å². The van der Waals surface area contributed by atoms with E-state index in [4.69, 9.17) is 28.3 Å². The van der Waals surface area contributed by atoms with E-state index in [1.807, 2.05) is 29.2 Å². The SMILES string of the molecule is O=C(O)CN(C[C@H](O)[C@@H](O)[C@H](O)[C@H](O)CO)C(=O)CCCCc1cc(Cl)c(CN2CSC[C@H]2C(=O)N2CCN(C3CC3)c3ccccc32)cc1Cl. The summed E-state index contributed by atoms with van der Waals surface area (Å²) in [5.41, 5.74) is 3.67. The van der Waals surface area contributed by atoms with Crippen LogP contribution in [0.15, 0.2) is 36.4 Å². The number of hydrogen-bond donors (Lipinski definition) is 6. The first kappa shape index (κ1) is 39.5. The number of thioether (sulfide) groups is 1. The summed E-state index contributed by atoms with van der Waals surface area (Å²) in [5.74, 6) is -0.459. The Hall–Kier alpha value is -2.66. The predicted octanol–water partition coefficient (Wildman–Crippen LogP) is 1.95. The average molecular weight is 770 g/mol. The molecule has 0 bridgehead atoms. The second kappa shape index (κ2) is 17.9. The highest BCUT2D eigenvalue weighted by atomic mass is 35.5. The number of aliphatic hydroxyl groups excluding tert-OH is 5. The molecule has 0 unspecified atom stereocenters. The third-order valence-electron chi connectivity index (χ3n) is 9.65. The molecule has 2 fully saturated rings. The molecule has 2 amide bonds. The minimum atomic E-state index is -1.92. The Morgan fingerprint density at radius 2 is 1.59 bits per heavy atom. The molecular formula is C35H46Cl2N4O9S. The quantitative estimate of drug-likeness (QED) is 0.129. The van der Waals surface area contributed by atoms with Crippen LogP contribution in [-0.2, 0) is 27.3 Å². The second-order valence-electron chi connectivity index (χ2n) is 13.4. The highest BCUT2D eigenvalue weighted by Crippen LogP contribution is 2.41. The Labute approximate surface area is 311 Å². The molecule has 2 aliphatic heterocycles. The highest BCUT2D eigenvalue weighted by Gasteiger charge is 2.40. The van der Waals surface area contributed by atoms with Gasteiger partial charge in [-0.25, -0.2) is 0 Å². The number of benzene rings is 2. The molecule has 2 aromatic rings. The zero-order chi connectivity index (χ0) is 36.8. The number of amides is 2. The molecule has 2 heterocycles. The maximum Gasteiger partial charge on any atom is 0.323 e. The van der Waals surface area contributed by atoms with Gasteiger partial charge in [0.2, 0.25) is 11.8 Å². The fourth-order valence-electron chi connectivity index (χ4n) is 6.64. The number of carboxylic acid groups (broad SMARTS) is 1. The number of aryl methyl sites for hydroxylation is 1. The number of fused-ring (bicyclic) bond motifs is 1. The summed E-state index contributed by atoms with van der Waals surface area (Å²) in [4.78, 5) is 45.6. The molecular weight excluding hydrogens is 723 g/mol. The zero-order valence-electron chi connectivity index (χ0n) is 28.2. The van der Waals surface area contributed by atoms with Gasteiger partial charge < -0.3 is 45.3 Å². The van der Waals surface area contributed by atoms with E-state index in [-0.39, 0.29) is 18.4 Å². The van der Waals surface area contributed by atoms with E-state index in [9.17, 15) is 39.9 Å². The van der Waals surface area contributed by atoms with Crippen molar-refractivity contribution >= 4 is 64.1 Å². The summed E-state index contributed by atoms with van der Waals surface area (Å²) in [5, 5.41) is 59.0. The van der Waals surface area contributed by atoms with Gasteiger partial charge in [-0.05, 0) is 67.5 Å². The summed E-state index contributed by atoms with van der Waals surface area (Å²) >= 11 is 15.2. The lowest BCUT2D eigenvalue weighted by molar-refractivity contribution is -0.149. The largest absolute Gasteiger partial charge is 0.480 e. The number of carbonyl (C=O) groups is 3. The third-order valence-corrected chi connectivity index (χ3v) is 11.4. The van der Waals surface area contributed by atoms with Crippen LogP contribution in [0.3, 0.4) is 0 Å². The summed E-state index contributed by atoms with van der Waals surface area (Å²) in [6.45, 7) is -0.282. The molecule has 5 atom stereocenters. The van der Waals surface area contributed by atoms with Gasteiger partial charge in [0.25, 0.3) is 0 Å². The van der Waals surface area contributed by atoms with Gasteiger partial charge in [0.05, 0.1) is 24.0 Å². The average Bonchev–Trinajstić information content (AvgIpc) is 3.86. The van der Waals surface area contributed by atoms with Crippen LogP contribution in [-0.4, -0.2) is 139 Å². The molecule has 13 nitrogen and oxygen atoms in total. The van der Waals surface area contributed by atoms with Crippen LogP contribution in [0.1, 0.15) is 43.2 Å². The van der Waals surface area contributed by atoms with E-state index in [1.165, 1.54) is 12.8 Å². The van der Waals surface area contributed by atoms with Gasteiger partial charge in [-0.1, -0.05) is 35.3 Å². The van der Waals surface area contributed by atoms with E-state index in [0.717, 1.165) is 33.9 Å². The van der Waals surface area contributed by atoms with Crippen molar-refractivity contribution < 1.29 is 45.0 Å². The number of aliphatic hydroxyl groups is 5. The topological polar surface area (TPSA) is 186 Å². The Balaban J connectivity index is 1.14. The molecule has 5 rings (SSSR count). The Bertz CT molecular complexity index is 1550. The predicted molar refractivity (Wildman–Crippen MR) is 195 cm³/mol. The fraction of sp³-hybridized carbons (Fsp3) is 0.571. The maximum absolute atomic E-state index is 14.0. The Morgan fingerprint density at radius 3 is 2.27 bits per heavy atom. The molecule has 3 aliphatic rings. The minimum absolute atomic E-state index is 0.0521. The van der Waals surface area contributed by atoms with Gasteiger partial charge >= 0.3 is 5.97 Å². The number of unbranched alkanes of at least 4 members (excludes halogenated alkanes) is 1. The van der Waals surface area contributed by atoms with Crippen LogP contribution in [0, 0.1) is 0 Å². The molecule has 1 aliphatic carbocycles. The molecule has 51 heavy (non-hydrogen) atoms. The summed E-state index contributed by atoms with van der Waals surface area (Å²) < 4.78 is 0. The van der Waals surface area contributed by atoms with E-state index in [0.29, 0.717) is 60.1 Å². The number of rotatable bonds is 17. The van der Waals surface area contributed by atoms with Crippen molar-refractivity contribution in [3.63, 3.8) is 0 Å². The lowest BCUT2D eigenvalue weighted by atomic mass is 10.0. The van der Waals surface area contributed by atoms with Crippen LogP contribution in [0.2, 0.25) is 10.0 Å². The van der Waals surface area contributed by atoms with Gasteiger partial charge in [-0.15, -0.1) is 11.8 Å². The molecule has 6 N–H and O–H groups in total. The molecule has 0 radical (unpaired) electrons. The van der Waals surface area contributed by atoms with E-state index >= 15 is 0 Å². The van der Waals surface area contributed by atoms with Crippen molar-refractivity contribution in [2.45, 2.75) is 81.6 Å². The van der Waals surface area contributed by atoms with Crippen molar-refractivity contribution in [1.29, 1.82) is 0 Å². The molecule has 16 heteroatoms. The van der Waals surface area contributed by atoms with Gasteiger partial charge in [-0.2, -0.15) is 0 Å². The first-order valence-corrected chi connectivity index (χ1v) is 19.1. The Morgan fingerprint density at radius 1 is 0.922 bits per heavy atom. The van der Waals surface area contributed by atoms with Crippen LogP contribution in [0.4, 0.5) is 11.4 Å². The monoisotopic (exact) mass is 768 g/mol. The zero-order valence-corrected chi connectivity index (χ0v) is 30.5. The normalized spacial score (nSPS) is 20.1. The number of nitrogens with zero attached hydrogens (tertiary/aromatic N) is 4. The van der Waals surface area contributed by atoms with E-state index < -0.39 is 56.0 Å². The van der Waals surface area contributed by atoms with Gasteiger partial charge in [-0.3, -0.25) is 19.3 Å². The lowest BCUT2D eigenvalue weighted by Gasteiger charge is -2.39. The number of hydrogen-bond acceptors (Lipinski definition) is 11. The van der Waals surface area contributed by atoms with Crippen LogP contribution >= 0.6 is 35.0 Å². The van der Waals surface area contributed by atoms with Crippen molar-refractivity contribution in [2.24, 2.45) is 0 Å². The van der Waals surface area contributed by atoms with E-state index in [2.05, 4.69) is 15.9 Å². The van der Waals surface area contributed by atoms with Crippen molar-refractivity contribution in [3.8, 4) is 0 Å². The second-order valence-corrected chi connectivity index (χ2v) is 15.2. The van der Waals surface area contributed by atoms with Gasteiger partial charge in [0.15, 0.2) is 0 Å². The van der Waals surface area contributed by atoms with Crippen molar-refractivity contribution in [1.82, 2.24) is 9.80 Å². The summed E-state index contributed by atoms with van der Waals surface area (Å²) in [6, 6.07) is 12.0. The van der Waals surface area contributed by atoms with Crippen LogP contribution in [0.5, 0.6) is 0 Å². The number of carbonyl (C=O) groups excluding carboxylic acids is 2.